The summed E-state index contributed by atoms with van der Waals surface area (Å²) in [7, 11) is 0. The molecule has 1 aromatic rings. The van der Waals surface area contributed by atoms with Crippen LogP contribution in [0.5, 0.6) is 5.75 Å². The minimum absolute atomic E-state index is 0.186. The van der Waals surface area contributed by atoms with E-state index in [1.807, 2.05) is 6.07 Å². The third kappa shape index (κ3) is 3.46. The summed E-state index contributed by atoms with van der Waals surface area (Å²) < 4.78 is 5.02. The first-order chi connectivity index (χ1) is 8.01. The van der Waals surface area contributed by atoms with Crippen molar-refractivity contribution in [3.8, 4) is 5.75 Å². The lowest BCUT2D eigenvalue weighted by Crippen LogP contribution is -2.39. The van der Waals surface area contributed by atoms with Crippen molar-refractivity contribution in [3.63, 3.8) is 0 Å². The van der Waals surface area contributed by atoms with Gasteiger partial charge in [-0.1, -0.05) is 12.1 Å². The van der Waals surface area contributed by atoms with Gasteiger partial charge in [0.2, 0.25) is 0 Å². The molecule has 0 aliphatic heterocycles. The van der Waals surface area contributed by atoms with Gasteiger partial charge in [0, 0.05) is 6.54 Å². The van der Waals surface area contributed by atoms with Gasteiger partial charge in [-0.2, -0.15) is 0 Å². The molecule has 0 spiro atoms. The van der Waals surface area contributed by atoms with Crippen molar-refractivity contribution < 1.29 is 14.6 Å². The number of ether oxygens (including phenoxy) is 1. The van der Waals surface area contributed by atoms with Crippen LogP contribution < -0.4 is 5.73 Å². The summed E-state index contributed by atoms with van der Waals surface area (Å²) in [6.45, 7) is 4.09. The van der Waals surface area contributed by atoms with Crippen LogP contribution >= 0.6 is 0 Å². The van der Waals surface area contributed by atoms with Crippen LogP contribution in [0.15, 0.2) is 24.3 Å². The van der Waals surface area contributed by atoms with Gasteiger partial charge in [-0.15, -0.1) is 0 Å². The minimum Gasteiger partial charge on any atom is -0.508 e. The van der Waals surface area contributed by atoms with Gasteiger partial charge in [-0.3, -0.25) is 4.79 Å². The van der Waals surface area contributed by atoms with Crippen molar-refractivity contribution >= 4 is 5.97 Å². The zero-order valence-corrected chi connectivity index (χ0v) is 10.3. The minimum atomic E-state index is -0.746. The molecule has 0 radical (unpaired) electrons. The molecule has 0 saturated carbocycles. The molecule has 0 amide bonds. The number of phenolic OH excluding ortho intramolecular Hbond substituents is 1. The maximum Gasteiger partial charge on any atom is 0.313 e. The van der Waals surface area contributed by atoms with Gasteiger partial charge in [-0.05, 0) is 38.0 Å². The van der Waals surface area contributed by atoms with Crippen molar-refractivity contribution in [2.75, 3.05) is 13.2 Å². The van der Waals surface area contributed by atoms with E-state index in [0.717, 1.165) is 5.56 Å². The van der Waals surface area contributed by atoms with Crippen molar-refractivity contribution in [3.05, 3.63) is 29.8 Å². The van der Waals surface area contributed by atoms with Crippen LogP contribution in [0.2, 0.25) is 0 Å². The van der Waals surface area contributed by atoms with Crippen LogP contribution in [0.3, 0.4) is 0 Å². The number of phenols is 1. The van der Waals surface area contributed by atoms with E-state index in [4.69, 9.17) is 10.5 Å². The van der Waals surface area contributed by atoms with Gasteiger partial charge in [0.05, 0.1) is 12.0 Å². The van der Waals surface area contributed by atoms with Gasteiger partial charge in [0.25, 0.3) is 0 Å². The summed E-state index contributed by atoms with van der Waals surface area (Å²) in [6, 6.07) is 6.82. The second kappa shape index (κ2) is 5.68. The van der Waals surface area contributed by atoms with E-state index in [1.165, 1.54) is 0 Å². The van der Waals surface area contributed by atoms with E-state index < -0.39 is 5.41 Å². The molecule has 0 aliphatic carbocycles. The molecule has 0 fully saturated rings. The van der Waals surface area contributed by atoms with Gasteiger partial charge < -0.3 is 15.6 Å². The predicted molar refractivity (Wildman–Crippen MR) is 65.6 cm³/mol. The largest absolute Gasteiger partial charge is 0.508 e. The monoisotopic (exact) mass is 237 g/mol. The number of esters is 1. The number of aromatic hydroxyl groups is 1. The van der Waals surface area contributed by atoms with Gasteiger partial charge in [-0.25, -0.2) is 0 Å². The fourth-order valence-electron chi connectivity index (χ4n) is 1.65. The molecular formula is C13H19NO3. The van der Waals surface area contributed by atoms with Crippen LogP contribution in [0.1, 0.15) is 19.4 Å². The Hall–Kier alpha value is -1.55. The molecule has 0 bridgehead atoms. The normalized spacial score (nSPS) is 14.1. The highest BCUT2D eigenvalue weighted by atomic mass is 16.5. The number of hydrogen-bond acceptors (Lipinski definition) is 4. The van der Waals surface area contributed by atoms with Crippen LogP contribution in [-0.4, -0.2) is 24.2 Å². The van der Waals surface area contributed by atoms with Crippen LogP contribution in [0, 0.1) is 5.41 Å². The highest BCUT2D eigenvalue weighted by molar-refractivity contribution is 5.77. The number of carbonyl (C=O) groups excluding carboxylic acids is 1. The third-order valence-corrected chi connectivity index (χ3v) is 2.72. The Balaban J connectivity index is 2.85. The molecule has 1 rings (SSSR count). The quantitative estimate of drug-likeness (QED) is 0.760. The van der Waals surface area contributed by atoms with Crippen molar-refractivity contribution in [2.45, 2.75) is 20.3 Å². The van der Waals surface area contributed by atoms with Crippen LogP contribution in [0.4, 0.5) is 0 Å². The lowest BCUT2D eigenvalue weighted by atomic mass is 9.83. The Morgan fingerprint density at radius 2 is 2.24 bits per heavy atom. The maximum absolute atomic E-state index is 11.8. The number of benzene rings is 1. The molecule has 1 atom stereocenters. The SMILES string of the molecule is CCOC(=O)C(C)(CN)Cc1cccc(O)c1. The lowest BCUT2D eigenvalue weighted by Gasteiger charge is -2.25. The molecule has 17 heavy (non-hydrogen) atoms. The van der Waals surface area contributed by atoms with E-state index in [2.05, 4.69) is 0 Å². The Morgan fingerprint density at radius 3 is 2.76 bits per heavy atom. The number of rotatable bonds is 5. The first-order valence-corrected chi connectivity index (χ1v) is 5.67. The van der Waals surface area contributed by atoms with Gasteiger partial charge >= 0.3 is 5.97 Å². The van der Waals surface area contributed by atoms with Crippen molar-refractivity contribution in [1.29, 1.82) is 0 Å². The fourth-order valence-corrected chi connectivity index (χ4v) is 1.65. The van der Waals surface area contributed by atoms with Gasteiger partial charge in [0.1, 0.15) is 5.75 Å². The highest BCUT2D eigenvalue weighted by Gasteiger charge is 2.33. The summed E-state index contributed by atoms with van der Waals surface area (Å²) in [6.07, 6.45) is 0.455. The highest BCUT2D eigenvalue weighted by Crippen LogP contribution is 2.24. The molecule has 0 aliphatic rings. The molecule has 94 valence electrons. The molecule has 1 aromatic carbocycles. The third-order valence-electron chi connectivity index (χ3n) is 2.72. The second-order valence-electron chi connectivity index (χ2n) is 4.33. The molecular weight excluding hydrogens is 218 g/mol. The maximum atomic E-state index is 11.8. The summed E-state index contributed by atoms with van der Waals surface area (Å²) in [5.41, 5.74) is 5.78. The van der Waals surface area contributed by atoms with E-state index in [1.54, 1.807) is 32.0 Å². The number of hydrogen-bond donors (Lipinski definition) is 2. The summed E-state index contributed by atoms with van der Waals surface area (Å²) in [5.74, 6) is -0.114. The average molecular weight is 237 g/mol. The van der Waals surface area contributed by atoms with Crippen LogP contribution in [0.25, 0.3) is 0 Å². The topological polar surface area (TPSA) is 72.5 Å². The molecule has 0 heterocycles. The summed E-state index contributed by atoms with van der Waals surface area (Å²) in [4.78, 5) is 11.8. The first kappa shape index (κ1) is 13.5. The Bertz CT molecular complexity index is 392. The molecule has 0 saturated heterocycles. The van der Waals surface area contributed by atoms with E-state index in [0.29, 0.717) is 13.0 Å². The average Bonchev–Trinajstić information content (AvgIpc) is 2.29. The molecule has 0 aromatic heterocycles. The summed E-state index contributed by atoms with van der Waals surface area (Å²) in [5, 5.41) is 9.38. The van der Waals surface area contributed by atoms with Crippen molar-refractivity contribution in [1.82, 2.24) is 0 Å². The zero-order valence-electron chi connectivity index (χ0n) is 10.3. The number of carbonyl (C=O) groups is 1. The van der Waals surface area contributed by atoms with E-state index >= 15 is 0 Å². The van der Waals surface area contributed by atoms with E-state index in [9.17, 15) is 9.90 Å². The smallest absolute Gasteiger partial charge is 0.313 e. The summed E-state index contributed by atoms with van der Waals surface area (Å²) >= 11 is 0. The van der Waals surface area contributed by atoms with Gasteiger partial charge in [0.15, 0.2) is 0 Å². The Labute approximate surface area is 101 Å². The lowest BCUT2D eigenvalue weighted by molar-refractivity contribution is -0.153. The van der Waals surface area contributed by atoms with E-state index in [-0.39, 0.29) is 18.3 Å². The van der Waals surface area contributed by atoms with Crippen molar-refractivity contribution in [2.24, 2.45) is 11.1 Å². The van der Waals surface area contributed by atoms with Crippen LogP contribution in [-0.2, 0) is 16.0 Å². The fraction of sp³-hybridized carbons (Fsp3) is 0.462. The first-order valence-electron chi connectivity index (χ1n) is 5.67. The number of nitrogens with two attached hydrogens (primary N) is 1. The molecule has 4 nitrogen and oxygen atoms in total. The molecule has 4 heteroatoms. The standard InChI is InChI=1S/C13H19NO3/c1-3-17-12(16)13(2,9-14)8-10-5-4-6-11(15)7-10/h4-7,15H,3,8-9,14H2,1-2H3. The predicted octanol–water partition coefficient (Wildman–Crippen LogP) is 1.46. The Kier molecular flexibility index (Phi) is 4.52. The Morgan fingerprint density at radius 1 is 1.53 bits per heavy atom. The molecule has 1 unspecified atom stereocenters. The molecule has 3 N–H and O–H groups in total. The zero-order chi connectivity index (χ0) is 12.9. The second-order valence-corrected chi connectivity index (χ2v) is 4.33.